The first-order chi connectivity index (χ1) is 69.3. The average Bonchev–Trinajstić information content (AvgIpc) is 1.09. The van der Waals surface area contributed by atoms with Crippen molar-refractivity contribution in [3.63, 3.8) is 0 Å². The van der Waals surface area contributed by atoms with Crippen LogP contribution < -0.4 is 21.2 Å². The molecular weight excluding hydrogens is 2060 g/mol. The summed E-state index contributed by atoms with van der Waals surface area (Å²) < 4.78 is 49.2. The smallest absolute Gasteiger partial charge is 0.150 e. The number of fused-ring (bicyclic) bond motifs is 5. The summed E-state index contributed by atoms with van der Waals surface area (Å²) in [5.74, 6) is -2.11. The van der Waals surface area contributed by atoms with Gasteiger partial charge in [0, 0.05) is 61.0 Å². The number of ketones is 1. The number of amides is 3. The molecule has 0 spiro atoms. The van der Waals surface area contributed by atoms with Crippen LogP contribution in [0, 0.1) is 0 Å². The predicted molar refractivity (Wildman–Crippen MR) is 596 cm³/mol. The number of aliphatic hydroxyl groups is 1. The molecule has 4 heterocycles. The van der Waals surface area contributed by atoms with Gasteiger partial charge in [0.05, 0.1) is 48.1 Å². The largest absolute Gasteiger partial charge is 0.298 e. The zero-order valence-corrected chi connectivity index (χ0v) is 91.0. The number of esters is 4. The van der Waals surface area contributed by atoms with Crippen LogP contribution in [0.25, 0.3) is 78.2 Å². The number of aldehydes is 1. The number of nitrogens with one attached hydrogen (secondary N) is 1. The second-order valence-electron chi connectivity index (χ2n) is 38.8. The van der Waals surface area contributed by atoms with E-state index < -0.39 is 93.2 Å². The van der Waals surface area contributed by atoms with Crippen molar-refractivity contribution in [2.45, 2.75) is 146 Å². The van der Waals surface area contributed by atoms with Crippen LogP contribution in [0.2, 0.25) is 0 Å². The number of likely N-dealkylation sites (tertiary alicyclic amines) is 3. The van der Waals surface area contributed by atoms with Gasteiger partial charge in [-0.15, -0.1) is 0 Å². The minimum absolute atomic E-state index is 0.00802. The Bertz CT molecular complexity index is 6770. The number of methoxy groups -OCH3 is 6. The van der Waals surface area contributed by atoms with Gasteiger partial charge in [0.2, 0.25) is 0 Å². The van der Waals surface area contributed by atoms with Gasteiger partial charge in [0.15, 0.2) is 12.1 Å². The fraction of sp³-hybridized carbons (Fsp3) is 0.286. The molecule has 3 amide bonds. The van der Waals surface area contributed by atoms with Gasteiger partial charge in [-0.05, 0) is 216 Å². The molecule has 4 aliphatic rings. The minimum Gasteiger partial charge on any atom is -0.298 e. The van der Waals surface area contributed by atoms with Crippen LogP contribution in [0.15, 0.2) is 308 Å². The quantitative estimate of drug-likeness (QED) is 0.0371. The third kappa shape index (κ3) is 27.0. The summed E-state index contributed by atoms with van der Waals surface area (Å²) in [6, 6.07) is 89.5. The summed E-state index contributed by atoms with van der Waals surface area (Å²) in [7, 11) is 8.48. The van der Waals surface area contributed by atoms with Gasteiger partial charge in [-0.1, -0.05) is 204 Å². The molecule has 23 nitrogen and oxygen atoms in total. The molecule has 4 aliphatic heterocycles. The van der Waals surface area contributed by atoms with E-state index >= 15 is 0 Å². The fourth-order valence-corrected chi connectivity index (χ4v) is 24.9. The Hall–Kier alpha value is -13.1. The number of hydrogen-bond acceptors (Lipinski definition) is 20. The van der Waals surface area contributed by atoms with Gasteiger partial charge >= 0.3 is 177 Å². The third-order valence-electron chi connectivity index (χ3n) is 25.7. The summed E-state index contributed by atoms with van der Waals surface area (Å²) in [5, 5.41) is 27.1. The monoisotopic (exact) mass is 2180 g/mol. The number of halogens is 3. The van der Waals surface area contributed by atoms with Gasteiger partial charge in [0.25, 0.3) is 0 Å². The van der Waals surface area contributed by atoms with E-state index in [4.69, 9.17) is 37.9 Å². The molecule has 0 bridgehead atoms. The standard InChI is InChI=1S/C24H29NO5.C23H27NO5.C19H18BrP.C19H21NO3.C12H9Br.C11H7BrO.C11H17NO5/c1-7-16-12-18(13-17-10-8-9-11-19(16)17)24(29-6)14-20(21(26)28-5)25(15-24)22(27)30-23(2,3)4;1-6-15-11-17(12-16-9-7-8-10-18(15)16)23(27)13-19(20(25)28-5)24(14-23)21(26)29-22(2,3)4;1-21(20,17-11-5-2-6-12-17,18-13-7-3-8-14-18)19-15-9-4-10-16-19;1-4-13-9-15(10-14-7-5-6-8-16(13)14)19(23-3)11-17(20-12-19)18(21)22-2;1-2-9-7-11(13)8-10-5-3-4-6-12(9)10;12-10-5-8-3-1-2-4-11(8)9(6-10)7-13;1-11(2,3)17-10(15)12-6-7(13)5-8(12)9(14)16-4/h7-13,20H,1,14-15H2,2-6H3;6-12,19,27H,1,13-14H2,2-5H3;2-16H,1H3;4-10,17,20H,1,11-12H2,2-3H3;2-8H,1H2;1-7H;8H,5-6H2,1-4H3/t20-,24-;19-,23-;;17-,19-;;;8-/m00.0..0/s1. The van der Waals surface area contributed by atoms with Crippen molar-refractivity contribution < 1.29 is 90.9 Å². The van der Waals surface area contributed by atoms with Crippen LogP contribution in [0.4, 0.5) is 14.4 Å². The zero-order valence-electron chi connectivity index (χ0n) is 85.4. The number of nitrogens with zero attached hydrogens (tertiary/aromatic N) is 3. The molecule has 0 radical (unpaired) electrons. The van der Waals surface area contributed by atoms with Crippen molar-refractivity contribution in [2.75, 3.05) is 75.5 Å². The van der Waals surface area contributed by atoms with Gasteiger partial charge in [0.1, 0.15) is 57.8 Å². The first-order valence-electron chi connectivity index (χ1n) is 47.5. The SMILES string of the molecule is C=Cc1cc(Br)cc2ccccc12.C=Cc1cc([C@@]2(OC)CN[C@H](C(=O)OC)C2)cc2ccccc12.C=Cc1cc([C@]2(O)C[C@@H](C(=O)OC)N(C(=O)OC(C)(C)C)C2)cc2ccccc12.C=Cc1cc([C@]2(OC)C[C@@H](C(=O)OC)N(C(=O)OC(C)(C)C)C2)cc2ccccc12.COC(=O)[C@@H]1CC(=O)CN1C(=O)OC(C)(C)C.CP(Br)(c1ccccc1)(c1ccccc1)c1ccccc1.O=Cc1cc(Br)cc2ccccc12. The summed E-state index contributed by atoms with van der Waals surface area (Å²) in [4.78, 5) is 111. The van der Waals surface area contributed by atoms with E-state index in [-0.39, 0.29) is 56.7 Å². The van der Waals surface area contributed by atoms with E-state index in [1.54, 1.807) is 88.7 Å². The summed E-state index contributed by atoms with van der Waals surface area (Å²) in [5.41, 5.74) is 2.43. The Morgan fingerprint density at radius 2 is 0.699 bits per heavy atom. The second-order valence-corrected chi connectivity index (χ2v) is 50.4. The minimum atomic E-state index is -2.56. The average molecular weight is 2190 g/mol. The summed E-state index contributed by atoms with van der Waals surface area (Å²) >= 11 is 11.1. The predicted octanol–water partition coefficient (Wildman–Crippen LogP) is 24.1. The van der Waals surface area contributed by atoms with Crippen LogP contribution >= 0.6 is 52.7 Å². The Kier molecular flexibility index (Phi) is 37.9. The molecule has 0 saturated carbocycles. The number of carbonyl (C=O) groups is 9. The van der Waals surface area contributed by atoms with Crippen molar-refractivity contribution in [3.05, 3.63) is 353 Å². The molecule has 27 heteroatoms. The topological polar surface area (TPSA) is 279 Å². The molecule has 0 aromatic heterocycles. The first kappa shape index (κ1) is 113. The number of Topliss-reactive ketones (excluding diaryl/α,β-unsaturated/α-hetero) is 1. The molecule has 2 N–H and O–H groups in total. The van der Waals surface area contributed by atoms with Crippen molar-refractivity contribution >= 4 is 201 Å². The van der Waals surface area contributed by atoms with E-state index in [0.29, 0.717) is 18.5 Å². The summed E-state index contributed by atoms with van der Waals surface area (Å²) in [6.07, 6.45) is 7.08. The molecular formula is C119H128Br3N4O19P. The molecule has 0 aliphatic carbocycles. The number of ether oxygens (including phenoxy) is 9. The number of rotatable bonds is 17. The molecule has 13 aromatic carbocycles. The molecule has 0 unspecified atom stereocenters. The van der Waals surface area contributed by atoms with E-state index in [9.17, 15) is 48.3 Å². The van der Waals surface area contributed by atoms with E-state index in [0.717, 1.165) is 96.6 Å². The van der Waals surface area contributed by atoms with Gasteiger partial charge in [-0.3, -0.25) is 29.1 Å². The van der Waals surface area contributed by atoms with Crippen molar-refractivity contribution in [3.8, 4) is 0 Å². The molecule has 4 fully saturated rings. The maximum Gasteiger partial charge on any atom is 0.150 e. The molecule has 4 saturated heterocycles. The molecule has 7 atom stereocenters. The Labute approximate surface area is 879 Å². The number of benzene rings is 13. The van der Waals surface area contributed by atoms with Crippen molar-refractivity contribution in [1.82, 2.24) is 20.0 Å². The number of carbonyl (C=O) groups excluding carboxylic acids is 9. The van der Waals surface area contributed by atoms with Crippen LogP contribution in [-0.4, -0.2) is 191 Å². The molecule has 764 valence electrons. The van der Waals surface area contributed by atoms with Gasteiger partial charge in [-0.25, -0.2) is 28.8 Å². The Morgan fingerprint density at radius 1 is 0.390 bits per heavy atom. The molecule has 146 heavy (non-hydrogen) atoms. The number of hydrogen-bond donors (Lipinski definition) is 2. The Morgan fingerprint density at radius 3 is 1.06 bits per heavy atom. The van der Waals surface area contributed by atoms with E-state index in [2.05, 4.69) is 230 Å². The van der Waals surface area contributed by atoms with Crippen LogP contribution in [0.3, 0.4) is 0 Å². The second kappa shape index (κ2) is 48.9. The van der Waals surface area contributed by atoms with Crippen LogP contribution in [-0.2, 0) is 83.4 Å². The maximum absolute atomic E-state index is 12.9. The zero-order chi connectivity index (χ0) is 106. The van der Waals surface area contributed by atoms with Crippen LogP contribution in [0.1, 0.15) is 137 Å². The van der Waals surface area contributed by atoms with Gasteiger partial charge < -0.3 is 53.1 Å². The fourth-order valence-electron chi connectivity index (χ4n) is 18.3. The van der Waals surface area contributed by atoms with Crippen LogP contribution in [0.5, 0.6) is 0 Å². The normalized spacial score (nSPS) is 18.6. The Balaban J connectivity index is 0.000000165. The van der Waals surface area contributed by atoms with E-state index in [1.165, 1.54) is 70.5 Å². The third-order valence-corrected chi connectivity index (χ3v) is 34.8. The molecule has 17 rings (SSSR count). The summed E-state index contributed by atoms with van der Waals surface area (Å²) in [6.45, 7) is 34.2. The van der Waals surface area contributed by atoms with Crippen molar-refractivity contribution in [1.29, 1.82) is 0 Å². The maximum atomic E-state index is 12.9. The van der Waals surface area contributed by atoms with Crippen molar-refractivity contribution in [2.24, 2.45) is 0 Å². The van der Waals surface area contributed by atoms with E-state index in [1.807, 2.05) is 146 Å². The number of β-amino-alcohol motifs (C(OH)–C–C–N with tert-alkyl or cyclic N) is 1. The molecule has 13 aromatic rings. The van der Waals surface area contributed by atoms with Gasteiger partial charge in [-0.2, -0.15) is 0 Å². The first-order valence-corrected chi connectivity index (χ1v) is 53.8.